The molecule has 2 aromatic rings. The Balaban J connectivity index is 1.81. The van der Waals surface area contributed by atoms with Crippen LogP contribution in [-0.4, -0.2) is 39.4 Å². The smallest absolute Gasteiger partial charge is 0.254 e. The molecule has 7 heteroatoms. The largest absolute Gasteiger partial charge is 0.496 e. The first-order valence-electron chi connectivity index (χ1n) is 9.44. The third-order valence-corrected chi connectivity index (χ3v) is 6.44. The van der Waals surface area contributed by atoms with E-state index in [0.717, 1.165) is 43.5 Å². The van der Waals surface area contributed by atoms with Gasteiger partial charge in [0.15, 0.2) is 0 Å². The van der Waals surface area contributed by atoms with Crippen LogP contribution in [0, 0.1) is 6.92 Å². The van der Waals surface area contributed by atoms with E-state index in [9.17, 15) is 13.2 Å². The minimum atomic E-state index is -3.76. The van der Waals surface area contributed by atoms with Crippen LogP contribution in [0.3, 0.4) is 0 Å². The van der Waals surface area contributed by atoms with Gasteiger partial charge < -0.3 is 9.64 Å². The molecule has 0 aliphatic carbocycles. The monoisotopic (exact) mass is 402 g/mol. The standard InChI is InChI=1S/C21H26N2O4S/c1-16-10-11-18(14-19(16)21(24)23-12-6-3-7-13-23)28(25,26)22-15-17-8-4-5-9-20(17)27-2/h4-5,8-11,14,22H,3,6-7,12-13,15H2,1-2H3. The summed E-state index contributed by atoms with van der Waals surface area (Å²) in [4.78, 5) is 14.8. The molecule has 6 nitrogen and oxygen atoms in total. The first-order valence-corrected chi connectivity index (χ1v) is 10.9. The summed E-state index contributed by atoms with van der Waals surface area (Å²) in [5.74, 6) is 0.522. The van der Waals surface area contributed by atoms with E-state index in [1.165, 1.54) is 12.1 Å². The molecule has 1 heterocycles. The molecule has 28 heavy (non-hydrogen) atoms. The molecular formula is C21H26N2O4S. The molecule has 0 spiro atoms. The van der Waals surface area contributed by atoms with Gasteiger partial charge in [0.25, 0.3) is 5.91 Å². The van der Waals surface area contributed by atoms with E-state index in [1.807, 2.05) is 30.0 Å². The fraction of sp³-hybridized carbons (Fsp3) is 0.381. The van der Waals surface area contributed by atoms with Crippen LogP contribution in [0.5, 0.6) is 5.75 Å². The van der Waals surface area contributed by atoms with Crippen molar-refractivity contribution in [2.45, 2.75) is 37.6 Å². The van der Waals surface area contributed by atoms with Crippen LogP contribution in [-0.2, 0) is 16.6 Å². The number of likely N-dealkylation sites (tertiary alicyclic amines) is 1. The number of ether oxygens (including phenoxy) is 1. The molecule has 0 aromatic heterocycles. The van der Waals surface area contributed by atoms with Crippen LogP contribution in [0.1, 0.15) is 40.7 Å². The van der Waals surface area contributed by atoms with E-state index in [-0.39, 0.29) is 17.3 Å². The number of sulfonamides is 1. The van der Waals surface area contributed by atoms with Crippen LogP contribution < -0.4 is 9.46 Å². The Kier molecular flexibility index (Phi) is 6.36. The highest BCUT2D eigenvalue weighted by Crippen LogP contribution is 2.21. The number of benzene rings is 2. The molecule has 1 aliphatic heterocycles. The van der Waals surface area contributed by atoms with Crippen LogP contribution in [0.4, 0.5) is 0 Å². The second kappa shape index (κ2) is 8.75. The number of carbonyl (C=O) groups excluding carboxylic acids is 1. The molecule has 0 radical (unpaired) electrons. The normalized spacial score (nSPS) is 14.7. The molecule has 1 saturated heterocycles. The molecule has 3 rings (SSSR count). The summed E-state index contributed by atoms with van der Waals surface area (Å²) in [5.41, 5.74) is 1.96. The van der Waals surface area contributed by atoms with Gasteiger partial charge in [0.2, 0.25) is 10.0 Å². The summed E-state index contributed by atoms with van der Waals surface area (Å²) in [5, 5.41) is 0. The van der Waals surface area contributed by atoms with Crippen molar-refractivity contribution < 1.29 is 17.9 Å². The fourth-order valence-electron chi connectivity index (χ4n) is 3.37. The average Bonchev–Trinajstić information content (AvgIpc) is 2.73. The van der Waals surface area contributed by atoms with E-state index < -0.39 is 10.0 Å². The lowest BCUT2D eigenvalue weighted by Gasteiger charge is -2.27. The molecular weight excluding hydrogens is 376 g/mol. The number of para-hydroxylation sites is 1. The zero-order valence-corrected chi connectivity index (χ0v) is 17.1. The second-order valence-corrected chi connectivity index (χ2v) is 8.73. The lowest BCUT2D eigenvalue weighted by Crippen LogP contribution is -2.36. The lowest BCUT2D eigenvalue weighted by molar-refractivity contribution is 0.0723. The predicted octanol–water partition coefficient (Wildman–Crippen LogP) is 3.11. The maximum atomic E-state index is 12.9. The van der Waals surface area contributed by atoms with Crippen molar-refractivity contribution in [1.29, 1.82) is 0 Å². The van der Waals surface area contributed by atoms with Crippen molar-refractivity contribution in [1.82, 2.24) is 9.62 Å². The molecule has 150 valence electrons. The molecule has 1 fully saturated rings. The topological polar surface area (TPSA) is 75.7 Å². The Bertz CT molecular complexity index is 951. The molecule has 0 saturated carbocycles. The third-order valence-electron chi connectivity index (χ3n) is 5.04. The second-order valence-electron chi connectivity index (χ2n) is 6.97. The Morgan fingerprint density at radius 3 is 2.54 bits per heavy atom. The number of piperidine rings is 1. The number of rotatable bonds is 6. The Hall–Kier alpha value is -2.38. The van der Waals surface area contributed by atoms with Crippen LogP contribution >= 0.6 is 0 Å². The lowest BCUT2D eigenvalue weighted by atomic mass is 10.1. The quantitative estimate of drug-likeness (QED) is 0.806. The molecule has 1 N–H and O–H groups in total. The van der Waals surface area contributed by atoms with Crippen molar-refractivity contribution in [3.63, 3.8) is 0 Å². The third kappa shape index (κ3) is 4.54. The first kappa shape index (κ1) is 20.4. The maximum absolute atomic E-state index is 12.9. The Labute approximate surface area is 166 Å². The van der Waals surface area contributed by atoms with Crippen molar-refractivity contribution in [2.75, 3.05) is 20.2 Å². The number of nitrogens with one attached hydrogen (secondary N) is 1. The van der Waals surface area contributed by atoms with Crippen molar-refractivity contribution in [3.8, 4) is 5.75 Å². The number of hydrogen-bond donors (Lipinski definition) is 1. The molecule has 0 unspecified atom stereocenters. The number of aryl methyl sites for hydroxylation is 1. The number of carbonyl (C=O) groups is 1. The zero-order valence-electron chi connectivity index (χ0n) is 16.3. The zero-order chi connectivity index (χ0) is 20.1. The minimum Gasteiger partial charge on any atom is -0.496 e. The summed E-state index contributed by atoms with van der Waals surface area (Å²) in [6.07, 6.45) is 3.11. The van der Waals surface area contributed by atoms with Gasteiger partial charge in [0, 0.05) is 30.8 Å². The predicted molar refractivity (Wildman–Crippen MR) is 108 cm³/mol. The van der Waals surface area contributed by atoms with Gasteiger partial charge in [-0.3, -0.25) is 4.79 Å². The van der Waals surface area contributed by atoms with Gasteiger partial charge >= 0.3 is 0 Å². The minimum absolute atomic E-state index is 0.0911. The molecule has 2 aromatic carbocycles. The highest BCUT2D eigenvalue weighted by atomic mass is 32.2. The van der Waals surface area contributed by atoms with Gasteiger partial charge in [-0.1, -0.05) is 24.3 Å². The van der Waals surface area contributed by atoms with Gasteiger partial charge in [0.05, 0.1) is 12.0 Å². The maximum Gasteiger partial charge on any atom is 0.254 e. The SMILES string of the molecule is COc1ccccc1CNS(=O)(=O)c1ccc(C)c(C(=O)N2CCCCC2)c1. The van der Waals surface area contributed by atoms with Crippen molar-refractivity contribution >= 4 is 15.9 Å². The number of nitrogens with zero attached hydrogens (tertiary/aromatic N) is 1. The first-order chi connectivity index (χ1) is 13.4. The summed E-state index contributed by atoms with van der Waals surface area (Å²) >= 11 is 0. The molecule has 1 amide bonds. The van der Waals surface area contributed by atoms with Crippen LogP contribution in [0.2, 0.25) is 0 Å². The van der Waals surface area contributed by atoms with Crippen LogP contribution in [0.25, 0.3) is 0 Å². The summed E-state index contributed by atoms with van der Waals surface area (Å²) in [6.45, 7) is 3.38. The van der Waals surface area contributed by atoms with E-state index >= 15 is 0 Å². The van der Waals surface area contributed by atoms with Crippen molar-refractivity contribution in [3.05, 3.63) is 59.2 Å². The summed E-state index contributed by atoms with van der Waals surface area (Å²) < 4.78 is 33.4. The Morgan fingerprint density at radius 1 is 1.11 bits per heavy atom. The fourth-order valence-corrected chi connectivity index (χ4v) is 4.40. The highest BCUT2D eigenvalue weighted by Gasteiger charge is 2.23. The number of amides is 1. The molecule has 1 aliphatic rings. The van der Waals surface area contributed by atoms with Crippen LogP contribution in [0.15, 0.2) is 47.4 Å². The van der Waals surface area contributed by atoms with E-state index in [0.29, 0.717) is 11.3 Å². The van der Waals surface area contributed by atoms with E-state index in [1.54, 1.807) is 19.2 Å². The molecule has 0 bridgehead atoms. The van der Waals surface area contributed by atoms with Crippen molar-refractivity contribution in [2.24, 2.45) is 0 Å². The van der Waals surface area contributed by atoms with Gasteiger partial charge in [-0.05, 0) is 49.9 Å². The molecule has 0 atom stereocenters. The highest BCUT2D eigenvalue weighted by molar-refractivity contribution is 7.89. The number of hydrogen-bond acceptors (Lipinski definition) is 4. The van der Waals surface area contributed by atoms with Gasteiger partial charge in [-0.2, -0.15) is 0 Å². The van der Waals surface area contributed by atoms with E-state index in [4.69, 9.17) is 4.74 Å². The summed E-state index contributed by atoms with van der Waals surface area (Å²) in [6, 6.07) is 12.0. The van der Waals surface area contributed by atoms with Gasteiger partial charge in [-0.25, -0.2) is 13.1 Å². The van der Waals surface area contributed by atoms with Gasteiger partial charge in [0.1, 0.15) is 5.75 Å². The summed E-state index contributed by atoms with van der Waals surface area (Å²) in [7, 11) is -2.22. The average molecular weight is 403 g/mol. The Morgan fingerprint density at radius 2 is 1.82 bits per heavy atom. The number of methoxy groups -OCH3 is 1. The van der Waals surface area contributed by atoms with Gasteiger partial charge in [-0.15, -0.1) is 0 Å². The van der Waals surface area contributed by atoms with E-state index in [2.05, 4.69) is 4.72 Å².